The molecule has 1 N–H and O–H groups in total. The van der Waals surface area contributed by atoms with Gasteiger partial charge in [0.05, 0.1) is 0 Å². The second-order valence-corrected chi connectivity index (χ2v) is 4.42. The van der Waals surface area contributed by atoms with Crippen molar-refractivity contribution in [1.82, 2.24) is 5.32 Å². The van der Waals surface area contributed by atoms with E-state index in [4.69, 9.17) is 4.74 Å². The molecule has 0 aromatic heterocycles. The number of ether oxygens (including phenoxy) is 1. The van der Waals surface area contributed by atoms with Gasteiger partial charge in [-0.3, -0.25) is 4.79 Å². The van der Waals surface area contributed by atoms with E-state index in [2.05, 4.69) is 12.2 Å². The first kappa shape index (κ1) is 13.6. The molecule has 1 atom stereocenters. The van der Waals surface area contributed by atoms with E-state index in [-0.39, 0.29) is 11.9 Å². The number of rotatable bonds is 5. The maximum Gasteiger partial charge on any atom is 0.260 e. The average molecular weight is 235 g/mol. The van der Waals surface area contributed by atoms with Crippen molar-refractivity contribution < 1.29 is 9.53 Å². The van der Waals surface area contributed by atoms with Crippen molar-refractivity contribution in [2.45, 2.75) is 46.3 Å². The number of amides is 1. The Morgan fingerprint density at radius 1 is 1.35 bits per heavy atom. The number of hydrogen-bond acceptors (Lipinski definition) is 2. The third-order valence-electron chi connectivity index (χ3n) is 2.42. The van der Waals surface area contributed by atoms with Gasteiger partial charge < -0.3 is 10.1 Å². The smallest absolute Gasteiger partial charge is 0.260 e. The second kappa shape index (κ2) is 6.28. The highest BCUT2D eigenvalue weighted by atomic mass is 16.5. The first-order chi connectivity index (χ1) is 8.02. The van der Waals surface area contributed by atoms with Gasteiger partial charge in [-0.25, -0.2) is 0 Å². The molecule has 0 spiro atoms. The summed E-state index contributed by atoms with van der Waals surface area (Å²) in [6.45, 7) is 7.72. The highest BCUT2D eigenvalue weighted by molar-refractivity contribution is 5.80. The van der Waals surface area contributed by atoms with Crippen LogP contribution in [0.4, 0.5) is 0 Å². The minimum Gasteiger partial charge on any atom is -0.481 e. The summed E-state index contributed by atoms with van der Waals surface area (Å²) < 4.78 is 5.61. The Hall–Kier alpha value is -1.51. The third kappa shape index (κ3) is 4.47. The van der Waals surface area contributed by atoms with Crippen molar-refractivity contribution in [3.05, 3.63) is 29.8 Å². The molecular formula is C14H21NO2. The molecule has 0 aliphatic rings. The molecule has 3 nitrogen and oxygen atoms in total. The van der Waals surface area contributed by atoms with Gasteiger partial charge in [-0.2, -0.15) is 0 Å². The standard InChI is InChI=1S/C14H21NO2/c1-5-12-7-6-8-13(9-12)17-11(4)14(16)15-10(2)3/h6-11H,5H2,1-4H3,(H,15,16). The van der Waals surface area contributed by atoms with Crippen LogP contribution in [-0.2, 0) is 11.2 Å². The fraction of sp³-hybridized carbons (Fsp3) is 0.500. The van der Waals surface area contributed by atoms with E-state index in [9.17, 15) is 4.79 Å². The second-order valence-electron chi connectivity index (χ2n) is 4.42. The Kier molecular flexibility index (Phi) is 5.01. The Labute approximate surface area is 103 Å². The van der Waals surface area contributed by atoms with Crippen LogP contribution >= 0.6 is 0 Å². The first-order valence-corrected chi connectivity index (χ1v) is 6.09. The maximum absolute atomic E-state index is 11.7. The number of aryl methyl sites for hydroxylation is 1. The van der Waals surface area contributed by atoms with Crippen molar-refractivity contribution >= 4 is 5.91 Å². The number of benzene rings is 1. The minimum atomic E-state index is -0.468. The van der Waals surface area contributed by atoms with E-state index in [0.29, 0.717) is 0 Å². The van der Waals surface area contributed by atoms with Crippen molar-refractivity contribution in [3.8, 4) is 5.75 Å². The molecule has 94 valence electrons. The first-order valence-electron chi connectivity index (χ1n) is 6.09. The van der Waals surface area contributed by atoms with E-state index >= 15 is 0 Å². The number of carbonyl (C=O) groups excluding carboxylic acids is 1. The summed E-state index contributed by atoms with van der Waals surface area (Å²) in [7, 11) is 0. The molecular weight excluding hydrogens is 214 g/mol. The number of carbonyl (C=O) groups is 1. The van der Waals surface area contributed by atoms with E-state index < -0.39 is 6.10 Å². The summed E-state index contributed by atoms with van der Waals surface area (Å²) in [5.74, 6) is 0.664. The summed E-state index contributed by atoms with van der Waals surface area (Å²) in [6, 6.07) is 7.97. The lowest BCUT2D eigenvalue weighted by Crippen LogP contribution is -2.40. The summed E-state index contributed by atoms with van der Waals surface area (Å²) in [5, 5.41) is 2.83. The van der Waals surface area contributed by atoms with Crippen molar-refractivity contribution in [3.63, 3.8) is 0 Å². The molecule has 0 fully saturated rings. The largest absolute Gasteiger partial charge is 0.481 e. The van der Waals surface area contributed by atoms with Crippen LogP contribution in [0.1, 0.15) is 33.3 Å². The van der Waals surface area contributed by atoms with Gasteiger partial charge in [0.15, 0.2) is 6.10 Å². The lowest BCUT2D eigenvalue weighted by Gasteiger charge is -2.16. The van der Waals surface area contributed by atoms with Crippen LogP contribution in [0, 0.1) is 0 Å². The van der Waals surface area contributed by atoms with E-state index in [1.54, 1.807) is 6.92 Å². The predicted octanol–water partition coefficient (Wildman–Crippen LogP) is 2.54. The Balaban J connectivity index is 2.60. The molecule has 0 radical (unpaired) electrons. The lowest BCUT2D eigenvalue weighted by molar-refractivity contribution is -0.127. The topological polar surface area (TPSA) is 38.3 Å². The van der Waals surface area contributed by atoms with Gasteiger partial charge in [-0.15, -0.1) is 0 Å². The van der Waals surface area contributed by atoms with Crippen LogP contribution in [0.3, 0.4) is 0 Å². The molecule has 1 amide bonds. The highest BCUT2D eigenvalue weighted by Gasteiger charge is 2.15. The minimum absolute atomic E-state index is 0.0816. The highest BCUT2D eigenvalue weighted by Crippen LogP contribution is 2.15. The fourth-order valence-electron chi connectivity index (χ4n) is 1.50. The average Bonchev–Trinajstić information content (AvgIpc) is 2.28. The van der Waals surface area contributed by atoms with Crippen molar-refractivity contribution in [1.29, 1.82) is 0 Å². The number of nitrogens with one attached hydrogen (secondary N) is 1. The quantitative estimate of drug-likeness (QED) is 0.851. The zero-order valence-electron chi connectivity index (χ0n) is 11.0. The van der Waals surface area contributed by atoms with Crippen LogP contribution in [0.15, 0.2) is 24.3 Å². The maximum atomic E-state index is 11.7. The molecule has 0 aliphatic heterocycles. The Bertz CT molecular complexity index is 374. The van der Waals surface area contributed by atoms with Gasteiger partial charge in [0, 0.05) is 6.04 Å². The van der Waals surface area contributed by atoms with Gasteiger partial charge in [-0.05, 0) is 44.9 Å². The van der Waals surface area contributed by atoms with Gasteiger partial charge in [0.2, 0.25) is 0 Å². The predicted molar refractivity (Wildman–Crippen MR) is 69.2 cm³/mol. The van der Waals surface area contributed by atoms with Crippen LogP contribution in [-0.4, -0.2) is 18.1 Å². The van der Waals surface area contributed by atoms with Gasteiger partial charge in [0.25, 0.3) is 5.91 Å². The number of hydrogen-bond donors (Lipinski definition) is 1. The van der Waals surface area contributed by atoms with Crippen LogP contribution in [0.25, 0.3) is 0 Å². The summed E-state index contributed by atoms with van der Waals surface area (Å²) in [4.78, 5) is 11.7. The normalized spacial score (nSPS) is 12.3. The molecule has 0 saturated heterocycles. The molecule has 1 aromatic carbocycles. The Morgan fingerprint density at radius 3 is 2.65 bits per heavy atom. The van der Waals surface area contributed by atoms with Crippen molar-refractivity contribution in [2.24, 2.45) is 0 Å². The molecule has 1 aromatic rings. The summed E-state index contributed by atoms with van der Waals surface area (Å²) >= 11 is 0. The third-order valence-corrected chi connectivity index (χ3v) is 2.42. The monoisotopic (exact) mass is 235 g/mol. The van der Waals surface area contributed by atoms with Gasteiger partial charge in [0.1, 0.15) is 5.75 Å². The fourth-order valence-corrected chi connectivity index (χ4v) is 1.50. The molecule has 0 aliphatic carbocycles. The van der Waals surface area contributed by atoms with Crippen LogP contribution in [0.2, 0.25) is 0 Å². The summed E-state index contributed by atoms with van der Waals surface area (Å²) in [6.07, 6.45) is 0.494. The molecule has 0 heterocycles. The van der Waals surface area contributed by atoms with Crippen LogP contribution < -0.4 is 10.1 Å². The van der Waals surface area contributed by atoms with E-state index in [0.717, 1.165) is 12.2 Å². The molecule has 1 rings (SSSR count). The molecule has 0 saturated carbocycles. The molecule has 0 bridgehead atoms. The van der Waals surface area contributed by atoms with Crippen molar-refractivity contribution in [2.75, 3.05) is 0 Å². The van der Waals surface area contributed by atoms with Gasteiger partial charge in [-0.1, -0.05) is 19.1 Å². The van der Waals surface area contributed by atoms with E-state index in [1.807, 2.05) is 38.1 Å². The zero-order valence-corrected chi connectivity index (χ0v) is 11.0. The molecule has 1 unspecified atom stereocenters. The molecule has 17 heavy (non-hydrogen) atoms. The van der Waals surface area contributed by atoms with Crippen LogP contribution in [0.5, 0.6) is 5.75 Å². The Morgan fingerprint density at radius 2 is 2.06 bits per heavy atom. The summed E-state index contributed by atoms with van der Waals surface area (Å²) in [5.41, 5.74) is 1.21. The molecule has 3 heteroatoms. The lowest BCUT2D eigenvalue weighted by atomic mass is 10.2. The van der Waals surface area contributed by atoms with Gasteiger partial charge >= 0.3 is 0 Å². The zero-order chi connectivity index (χ0) is 12.8. The van der Waals surface area contributed by atoms with E-state index in [1.165, 1.54) is 5.56 Å². The SMILES string of the molecule is CCc1cccc(OC(C)C(=O)NC(C)C)c1.